The van der Waals surface area contributed by atoms with Crippen LogP contribution in [0.25, 0.3) is 11.4 Å². The third kappa shape index (κ3) is 6.93. The summed E-state index contributed by atoms with van der Waals surface area (Å²) in [5.74, 6) is -0.824. The van der Waals surface area contributed by atoms with E-state index in [1.807, 2.05) is 0 Å². The number of aromatic nitrogens is 3. The molecule has 0 amide bonds. The molecule has 0 saturated carbocycles. The van der Waals surface area contributed by atoms with E-state index in [0.717, 1.165) is 0 Å². The first-order chi connectivity index (χ1) is 16.7. The second-order valence-electron chi connectivity index (χ2n) is 6.99. The quantitative estimate of drug-likeness (QED) is 0.212. The second kappa shape index (κ2) is 10.4. The van der Waals surface area contributed by atoms with Crippen LogP contribution in [0.4, 0.5) is 35.1 Å². The maximum Gasteiger partial charge on any atom is 0.573 e. The molecule has 0 radical (unpaired) electrons. The van der Waals surface area contributed by atoms with Crippen molar-refractivity contribution < 1.29 is 22.3 Å². The minimum atomic E-state index is -4.77. The molecule has 0 unspecified atom stereocenters. The van der Waals surface area contributed by atoms with E-state index in [1.165, 1.54) is 36.4 Å². The Balaban J connectivity index is 1.57. The van der Waals surface area contributed by atoms with Crippen LogP contribution in [-0.4, -0.2) is 21.3 Å². The predicted molar refractivity (Wildman–Crippen MR) is 121 cm³/mol. The Labute approximate surface area is 201 Å². The van der Waals surface area contributed by atoms with Gasteiger partial charge in [0, 0.05) is 10.7 Å². The van der Waals surface area contributed by atoms with Crippen molar-refractivity contribution in [2.24, 2.45) is 10.2 Å². The third-order valence-corrected chi connectivity index (χ3v) is 4.66. The summed E-state index contributed by atoms with van der Waals surface area (Å²) in [5, 5.41) is 11.5. The van der Waals surface area contributed by atoms with Gasteiger partial charge in [-0.3, -0.25) is 0 Å². The molecule has 1 N–H and O–H groups in total. The van der Waals surface area contributed by atoms with E-state index in [-0.39, 0.29) is 35.6 Å². The SMILES string of the molecule is Fc1ccccc1-c1nc(N=NCc2ccc(OC(F)(F)F)cc2)nc(Nc2ccc(Cl)cc2)n1. The molecule has 0 bridgehead atoms. The van der Waals surface area contributed by atoms with Gasteiger partial charge < -0.3 is 10.1 Å². The number of halogens is 5. The molecule has 4 rings (SSSR count). The Morgan fingerprint density at radius 3 is 2.29 bits per heavy atom. The lowest BCUT2D eigenvalue weighted by Crippen LogP contribution is -2.16. The molecule has 0 saturated heterocycles. The Kier molecular flexibility index (Phi) is 7.16. The summed E-state index contributed by atoms with van der Waals surface area (Å²) in [4.78, 5) is 12.6. The lowest BCUT2D eigenvalue weighted by Gasteiger charge is -2.08. The zero-order valence-electron chi connectivity index (χ0n) is 17.7. The number of alkyl halides is 3. The number of nitrogens with one attached hydrogen (secondary N) is 1. The number of benzene rings is 3. The predicted octanol–water partition coefficient (Wildman–Crippen LogP) is 7.26. The number of ether oxygens (including phenoxy) is 1. The van der Waals surface area contributed by atoms with Gasteiger partial charge in [-0.2, -0.15) is 20.1 Å². The van der Waals surface area contributed by atoms with Crippen molar-refractivity contribution in [3.05, 3.63) is 89.2 Å². The van der Waals surface area contributed by atoms with E-state index in [1.54, 1.807) is 36.4 Å². The van der Waals surface area contributed by atoms with Gasteiger partial charge in [-0.1, -0.05) is 35.9 Å². The largest absolute Gasteiger partial charge is 0.573 e. The Morgan fingerprint density at radius 2 is 1.60 bits per heavy atom. The first-order valence-electron chi connectivity index (χ1n) is 10.0. The van der Waals surface area contributed by atoms with E-state index in [9.17, 15) is 17.6 Å². The van der Waals surface area contributed by atoms with Crippen LogP contribution in [0.1, 0.15) is 5.56 Å². The fraction of sp³-hybridized carbons (Fsp3) is 0.0870. The highest BCUT2D eigenvalue weighted by Gasteiger charge is 2.30. The van der Waals surface area contributed by atoms with E-state index in [4.69, 9.17) is 11.6 Å². The second-order valence-corrected chi connectivity index (χ2v) is 7.42. The smallest absolute Gasteiger partial charge is 0.406 e. The van der Waals surface area contributed by atoms with Crippen LogP contribution >= 0.6 is 11.6 Å². The Hall–Kier alpha value is -4.12. The molecule has 1 heterocycles. The number of azo groups is 1. The van der Waals surface area contributed by atoms with Gasteiger partial charge in [0.05, 0.1) is 12.1 Å². The molecule has 0 atom stereocenters. The van der Waals surface area contributed by atoms with Gasteiger partial charge in [-0.25, -0.2) is 4.39 Å². The van der Waals surface area contributed by atoms with Gasteiger partial charge in [-0.05, 0) is 54.1 Å². The molecule has 178 valence electrons. The van der Waals surface area contributed by atoms with Crippen LogP contribution < -0.4 is 10.1 Å². The number of rotatable bonds is 7. The molecule has 0 aliphatic rings. The number of hydrogen-bond acceptors (Lipinski definition) is 7. The highest BCUT2D eigenvalue weighted by molar-refractivity contribution is 6.30. The van der Waals surface area contributed by atoms with E-state index in [2.05, 4.69) is 35.2 Å². The molecule has 1 aromatic heterocycles. The summed E-state index contributed by atoms with van der Waals surface area (Å²) >= 11 is 5.91. The zero-order chi connectivity index (χ0) is 24.8. The van der Waals surface area contributed by atoms with Gasteiger partial charge in [-0.15, -0.1) is 18.3 Å². The summed E-state index contributed by atoms with van der Waals surface area (Å²) in [6.07, 6.45) is -4.77. The summed E-state index contributed by atoms with van der Waals surface area (Å²) in [6, 6.07) is 17.9. The molecule has 0 aliphatic carbocycles. The first-order valence-corrected chi connectivity index (χ1v) is 10.4. The van der Waals surface area contributed by atoms with E-state index in [0.29, 0.717) is 16.3 Å². The molecule has 4 aromatic rings. The maximum atomic E-state index is 14.3. The van der Waals surface area contributed by atoms with Gasteiger partial charge in [0.15, 0.2) is 5.82 Å². The average Bonchev–Trinajstić information content (AvgIpc) is 2.81. The topological polar surface area (TPSA) is 84.7 Å². The molecule has 3 aromatic carbocycles. The Bertz CT molecular complexity index is 1330. The normalized spacial score (nSPS) is 11.6. The maximum absolute atomic E-state index is 14.3. The number of anilines is 2. The fourth-order valence-corrected chi connectivity index (χ4v) is 2.99. The molecule has 7 nitrogen and oxygen atoms in total. The first kappa shape index (κ1) is 24.0. The standard InChI is InChI=1S/C23H15ClF4N6O/c24-15-7-9-16(10-8-15)30-21-31-20(18-3-1-2-4-19(18)25)32-22(33-21)34-29-13-14-5-11-17(12-6-14)35-23(26,27)28/h1-12H,13H2,(H,30,31,32,33). The van der Waals surface area contributed by atoms with Crippen LogP contribution in [0, 0.1) is 5.82 Å². The highest BCUT2D eigenvalue weighted by Crippen LogP contribution is 2.25. The van der Waals surface area contributed by atoms with Gasteiger partial charge in [0.1, 0.15) is 11.6 Å². The lowest BCUT2D eigenvalue weighted by atomic mass is 10.2. The van der Waals surface area contributed by atoms with Gasteiger partial charge in [0.25, 0.3) is 5.95 Å². The summed E-state index contributed by atoms with van der Waals surface area (Å²) in [6.45, 7) is 0.0347. The van der Waals surface area contributed by atoms with Crippen LogP contribution in [0.15, 0.2) is 83.0 Å². The van der Waals surface area contributed by atoms with Crippen LogP contribution in [0.2, 0.25) is 5.02 Å². The molecular weight excluding hydrogens is 488 g/mol. The molecular formula is C23H15ClF4N6O. The molecule has 0 fully saturated rings. The summed E-state index contributed by atoms with van der Waals surface area (Å²) in [5.41, 5.74) is 1.35. The van der Waals surface area contributed by atoms with Crippen LogP contribution in [0.5, 0.6) is 5.75 Å². The van der Waals surface area contributed by atoms with Crippen LogP contribution in [-0.2, 0) is 6.54 Å². The van der Waals surface area contributed by atoms with Crippen molar-refractivity contribution in [2.75, 3.05) is 5.32 Å². The van der Waals surface area contributed by atoms with Crippen molar-refractivity contribution in [3.8, 4) is 17.1 Å². The zero-order valence-corrected chi connectivity index (χ0v) is 18.4. The molecule has 12 heteroatoms. The van der Waals surface area contributed by atoms with Crippen molar-refractivity contribution in [2.45, 2.75) is 12.9 Å². The van der Waals surface area contributed by atoms with Crippen molar-refractivity contribution in [3.63, 3.8) is 0 Å². The van der Waals surface area contributed by atoms with Gasteiger partial charge >= 0.3 is 6.36 Å². The number of hydrogen-bond donors (Lipinski definition) is 1. The molecule has 0 spiro atoms. The summed E-state index contributed by atoms with van der Waals surface area (Å²) < 4.78 is 55.1. The summed E-state index contributed by atoms with van der Waals surface area (Å²) in [7, 11) is 0. The van der Waals surface area contributed by atoms with E-state index >= 15 is 0 Å². The fourth-order valence-electron chi connectivity index (χ4n) is 2.87. The van der Waals surface area contributed by atoms with Crippen LogP contribution in [0.3, 0.4) is 0 Å². The highest BCUT2D eigenvalue weighted by atomic mass is 35.5. The number of nitrogens with zero attached hydrogens (tertiary/aromatic N) is 5. The Morgan fingerprint density at radius 1 is 0.886 bits per heavy atom. The minimum absolute atomic E-state index is 0.0347. The lowest BCUT2D eigenvalue weighted by molar-refractivity contribution is -0.274. The monoisotopic (exact) mass is 502 g/mol. The third-order valence-electron chi connectivity index (χ3n) is 4.41. The van der Waals surface area contributed by atoms with Crippen molar-refractivity contribution in [1.82, 2.24) is 15.0 Å². The molecule has 0 aliphatic heterocycles. The van der Waals surface area contributed by atoms with Crippen molar-refractivity contribution >= 4 is 29.2 Å². The van der Waals surface area contributed by atoms with Gasteiger partial charge in [0.2, 0.25) is 5.95 Å². The van der Waals surface area contributed by atoms with Crippen molar-refractivity contribution in [1.29, 1.82) is 0 Å². The average molecular weight is 503 g/mol. The molecule has 35 heavy (non-hydrogen) atoms. The minimum Gasteiger partial charge on any atom is -0.406 e. The van der Waals surface area contributed by atoms with E-state index < -0.39 is 12.2 Å².